The van der Waals surface area contributed by atoms with E-state index in [2.05, 4.69) is 28.6 Å². The number of amides is 1. The fraction of sp³-hybridized carbons (Fsp3) is 0.357. The number of carbonyl (C=O) groups excluding carboxylic acids is 1. The minimum absolute atomic E-state index is 0.0714. The maximum atomic E-state index is 12.6. The second kappa shape index (κ2) is 5.50. The van der Waals surface area contributed by atoms with Crippen LogP contribution in [0.25, 0.3) is 0 Å². The molecule has 1 aliphatic heterocycles. The smallest absolute Gasteiger partial charge is 0.274 e. The molecule has 1 amide bonds. The Morgan fingerprint density at radius 1 is 1.45 bits per heavy atom. The third kappa shape index (κ3) is 2.31. The Hall–Kier alpha value is -1.46. The molecule has 0 bridgehead atoms. The average molecular weight is 308 g/mol. The Balaban J connectivity index is 1.90. The van der Waals surface area contributed by atoms with Crippen LogP contribution >= 0.6 is 22.9 Å². The van der Waals surface area contributed by atoms with Gasteiger partial charge in [0.15, 0.2) is 10.8 Å². The summed E-state index contributed by atoms with van der Waals surface area (Å²) in [5.41, 5.74) is 1.63. The van der Waals surface area contributed by atoms with E-state index in [4.69, 9.17) is 11.6 Å². The number of fused-ring (bicyclic) bond motifs is 1. The van der Waals surface area contributed by atoms with Crippen molar-refractivity contribution in [2.45, 2.75) is 25.8 Å². The molecule has 0 aliphatic carbocycles. The van der Waals surface area contributed by atoms with E-state index >= 15 is 0 Å². The van der Waals surface area contributed by atoms with Gasteiger partial charge in [0.25, 0.3) is 5.91 Å². The third-order valence-electron chi connectivity index (χ3n) is 3.59. The van der Waals surface area contributed by atoms with Crippen LogP contribution in [0.5, 0.6) is 0 Å². The topological polar surface area (TPSA) is 46.1 Å². The molecular weight excluding hydrogens is 294 g/mol. The summed E-state index contributed by atoms with van der Waals surface area (Å²) in [5, 5.41) is 10.0. The van der Waals surface area contributed by atoms with Crippen molar-refractivity contribution in [3.05, 3.63) is 44.9 Å². The summed E-state index contributed by atoms with van der Waals surface area (Å²) in [4.78, 5) is 15.9. The van der Waals surface area contributed by atoms with Crippen LogP contribution in [-0.2, 0) is 6.42 Å². The predicted molar refractivity (Wildman–Crippen MR) is 79.1 cm³/mol. The number of nitrogens with zero attached hydrogens (tertiary/aromatic N) is 3. The summed E-state index contributed by atoms with van der Waals surface area (Å²) in [6.45, 7) is 2.83. The molecule has 3 rings (SSSR count). The summed E-state index contributed by atoms with van der Waals surface area (Å²) in [6.07, 6.45) is 1.81. The van der Waals surface area contributed by atoms with Crippen LogP contribution < -0.4 is 0 Å². The fourth-order valence-electron chi connectivity index (χ4n) is 2.66. The lowest BCUT2D eigenvalue weighted by Gasteiger charge is -2.35. The summed E-state index contributed by atoms with van der Waals surface area (Å²) in [6, 6.07) is 5.49. The van der Waals surface area contributed by atoms with E-state index in [1.165, 1.54) is 10.4 Å². The molecule has 4 nitrogen and oxygen atoms in total. The first-order valence-electron chi connectivity index (χ1n) is 6.57. The Morgan fingerprint density at radius 2 is 2.30 bits per heavy atom. The number of aromatic nitrogens is 2. The van der Waals surface area contributed by atoms with E-state index in [-0.39, 0.29) is 11.9 Å². The zero-order valence-electron chi connectivity index (χ0n) is 11.0. The van der Waals surface area contributed by atoms with Crippen LogP contribution in [0.4, 0.5) is 0 Å². The molecule has 1 atom stereocenters. The lowest BCUT2D eigenvalue weighted by atomic mass is 9.97. The molecule has 0 saturated carbocycles. The molecule has 3 heterocycles. The van der Waals surface area contributed by atoms with Gasteiger partial charge < -0.3 is 4.90 Å². The van der Waals surface area contributed by atoms with Gasteiger partial charge in [-0.25, -0.2) is 0 Å². The van der Waals surface area contributed by atoms with E-state index in [1.807, 2.05) is 4.90 Å². The van der Waals surface area contributed by atoms with Crippen molar-refractivity contribution >= 4 is 28.8 Å². The molecule has 1 unspecified atom stereocenters. The van der Waals surface area contributed by atoms with Gasteiger partial charge in [-0.3, -0.25) is 4.79 Å². The van der Waals surface area contributed by atoms with Crippen LogP contribution in [0.3, 0.4) is 0 Å². The average Bonchev–Trinajstić information content (AvgIpc) is 2.94. The Kier molecular flexibility index (Phi) is 3.72. The Labute approximate surface area is 126 Å². The van der Waals surface area contributed by atoms with Crippen molar-refractivity contribution in [2.24, 2.45) is 0 Å². The molecule has 20 heavy (non-hydrogen) atoms. The predicted octanol–water partition coefficient (Wildman–Crippen LogP) is 3.34. The van der Waals surface area contributed by atoms with Crippen molar-refractivity contribution < 1.29 is 4.79 Å². The van der Waals surface area contributed by atoms with Gasteiger partial charge in [-0.05, 0) is 42.0 Å². The van der Waals surface area contributed by atoms with Crippen LogP contribution in [0.15, 0.2) is 23.6 Å². The summed E-state index contributed by atoms with van der Waals surface area (Å²) < 4.78 is 0. The van der Waals surface area contributed by atoms with Crippen LogP contribution in [0.1, 0.15) is 40.3 Å². The highest BCUT2D eigenvalue weighted by molar-refractivity contribution is 7.10. The Bertz CT molecular complexity index is 626. The molecule has 0 radical (unpaired) electrons. The van der Waals surface area contributed by atoms with Gasteiger partial charge in [-0.15, -0.1) is 21.5 Å². The minimum atomic E-state index is -0.0714. The van der Waals surface area contributed by atoms with Crippen LogP contribution in [0, 0.1) is 0 Å². The van der Waals surface area contributed by atoms with Crippen molar-refractivity contribution in [1.82, 2.24) is 15.1 Å². The Morgan fingerprint density at radius 3 is 3.00 bits per heavy atom. The molecular formula is C14H14ClN3OS. The van der Waals surface area contributed by atoms with Crippen LogP contribution in [0.2, 0.25) is 5.15 Å². The minimum Gasteiger partial charge on any atom is -0.330 e. The summed E-state index contributed by atoms with van der Waals surface area (Å²) in [5.74, 6) is -0.0714. The molecule has 2 aromatic rings. The van der Waals surface area contributed by atoms with Crippen LogP contribution in [-0.4, -0.2) is 27.5 Å². The second-order valence-electron chi connectivity index (χ2n) is 4.71. The quantitative estimate of drug-likeness (QED) is 0.855. The zero-order chi connectivity index (χ0) is 14.1. The van der Waals surface area contributed by atoms with Gasteiger partial charge in [0.2, 0.25) is 0 Å². The van der Waals surface area contributed by atoms with E-state index in [1.54, 1.807) is 23.5 Å². The number of thiophene rings is 1. The van der Waals surface area contributed by atoms with Crippen molar-refractivity contribution in [3.63, 3.8) is 0 Å². The molecule has 0 spiro atoms. The highest BCUT2D eigenvalue weighted by Crippen LogP contribution is 2.35. The lowest BCUT2D eigenvalue weighted by Crippen LogP contribution is -2.39. The monoisotopic (exact) mass is 307 g/mol. The van der Waals surface area contributed by atoms with Gasteiger partial charge in [0, 0.05) is 11.4 Å². The molecule has 1 aliphatic rings. The standard InChI is InChI=1S/C14H14ClN3OS/c1-2-11-9-6-8-20-12(9)5-7-18(11)14(19)10-3-4-13(15)17-16-10/h3-4,6,8,11H,2,5,7H2,1H3. The molecule has 6 heteroatoms. The first-order chi connectivity index (χ1) is 9.70. The highest BCUT2D eigenvalue weighted by Gasteiger charge is 2.31. The number of hydrogen-bond donors (Lipinski definition) is 0. The maximum Gasteiger partial charge on any atom is 0.274 e. The molecule has 0 fully saturated rings. The van der Waals surface area contributed by atoms with Crippen molar-refractivity contribution in [1.29, 1.82) is 0 Å². The molecule has 104 valence electrons. The molecule has 0 N–H and O–H groups in total. The summed E-state index contributed by atoms with van der Waals surface area (Å²) in [7, 11) is 0. The molecule has 0 aromatic carbocycles. The highest BCUT2D eigenvalue weighted by atomic mass is 35.5. The summed E-state index contributed by atoms with van der Waals surface area (Å²) >= 11 is 7.49. The first kappa shape index (κ1) is 13.5. The van der Waals surface area contributed by atoms with E-state index in [0.29, 0.717) is 10.8 Å². The number of rotatable bonds is 2. The fourth-order valence-corrected chi connectivity index (χ4v) is 3.69. The van der Waals surface area contributed by atoms with Gasteiger partial charge in [-0.1, -0.05) is 18.5 Å². The van der Waals surface area contributed by atoms with Crippen molar-refractivity contribution in [3.8, 4) is 0 Å². The van der Waals surface area contributed by atoms with Crippen molar-refractivity contribution in [2.75, 3.05) is 6.54 Å². The lowest BCUT2D eigenvalue weighted by molar-refractivity contribution is 0.0650. The van der Waals surface area contributed by atoms with E-state index in [9.17, 15) is 4.79 Å². The second-order valence-corrected chi connectivity index (χ2v) is 6.10. The SMILES string of the molecule is CCC1c2ccsc2CCN1C(=O)c1ccc(Cl)nn1. The zero-order valence-corrected chi connectivity index (χ0v) is 12.6. The number of hydrogen-bond acceptors (Lipinski definition) is 4. The third-order valence-corrected chi connectivity index (χ3v) is 4.79. The molecule has 2 aromatic heterocycles. The van der Waals surface area contributed by atoms with Gasteiger partial charge >= 0.3 is 0 Å². The van der Waals surface area contributed by atoms with Gasteiger partial charge in [0.1, 0.15) is 0 Å². The first-order valence-corrected chi connectivity index (χ1v) is 7.83. The number of carbonyl (C=O) groups is 1. The number of halogens is 1. The largest absolute Gasteiger partial charge is 0.330 e. The molecule has 0 saturated heterocycles. The normalized spacial score (nSPS) is 17.9. The van der Waals surface area contributed by atoms with Gasteiger partial charge in [-0.2, -0.15) is 0 Å². The van der Waals surface area contributed by atoms with E-state index in [0.717, 1.165) is 19.4 Å². The van der Waals surface area contributed by atoms with Gasteiger partial charge in [0.05, 0.1) is 6.04 Å². The van der Waals surface area contributed by atoms with E-state index < -0.39 is 0 Å². The maximum absolute atomic E-state index is 12.6.